The molecular formula is C9H7BrN2OS. The van der Waals surface area contributed by atoms with E-state index in [1.165, 1.54) is 11.5 Å². The number of benzene rings is 1. The molecule has 0 aliphatic carbocycles. The molecule has 1 heterocycles. The van der Waals surface area contributed by atoms with E-state index >= 15 is 0 Å². The van der Waals surface area contributed by atoms with Crippen LogP contribution in [0.1, 0.15) is 5.69 Å². The highest BCUT2D eigenvalue weighted by atomic mass is 79.9. The summed E-state index contributed by atoms with van der Waals surface area (Å²) in [6, 6.07) is 7.72. The molecule has 3 nitrogen and oxygen atoms in total. The number of aromatic nitrogens is 2. The first kappa shape index (κ1) is 9.61. The first-order chi connectivity index (χ1) is 6.86. The minimum atomic E-state index is 0.457. The van der Waals surface area contributed by atoms with Gasteiger partial charge in [-0.05, 0) is 39.6 Å². The van der Waals surface area contributed by atoms with Gasteiger partial charge in [0.05, 0.1) is 4.47 Å². The van der Waals surface area contributed by atoms with Crippen molar-refractivity contribution in [2.45, 2.75) is 6.61 Å². The lowest BCUT2D eigenvalue weighted by atomic mass is 10.3. The van der Waals surface area contributed by atoms with Crippen LogP contribution in [0, 0.1) is 0 Å². The highest BCUT2D eigenvalue weighted by Gasteiger charge is 2.01. The Labute approximate surface area is 94.0 Å². The van der Waals surface area contributed by atoms with E-state index in [9.17, 15) is 0 Å². The third-order valence-electron chi connectivity index (χ3n) is 1.62. The van der Waals surface area contributed by atoms with E-state index < -0.39 is 0 Å². The zero-order chi connectivity index (χ0) is 9.80. The number of para-hydroxylation sites is 1. The molecule has 1 aromatic heterocycles. The van der Waals surface area contributed by atoms with Gasteiger partial charge in [0.25, 0.3) is 0 Å². The fourth-order valence-electron chi connectivity index (χ4n) is 0.960. The van der Waals surface area contributed by atoms with Crippen LogP contribution in [0.2, 0.25) is 0 Å². The largest absolute Gasteiger partial charge is 0.486 e. The zero-order valence-corrected chi connectivity index (χ0v) is 9.59. The maximum atomic E-state index is 5.54. The van der Waals surface area contributed by atoms with Crippen LogP contribution in [0.4, 0.5) is 0 Å². The fourth-order valence-corrected chi connectivity index (χ4v) is 1.80. The van der Waals surface area contributed by atoms with Crippen LogP contribution in [0.25, 0.3) is 0 Å². The van der Waals surface area contributed by atoms with Crippen LogP contribution in [0.3, 0.4) is 0 Å². The number of hydrogen-bond donors (Lipinski definition) is 0. The van der Waals surface area contributed by atoms with Crippen molar-refractivity contribution in [1.29, 1.82) is 0 Å². The van der Waals surface area contributed by atoms with Crippen LogP contribution in [-0.2, 0) is 6.61 Å². The van der Waals surface area contributed by atoms with Crippen molar-refractivity contribution in [3.63, 3.8) is 0 Å². The smallest absolute Gasteiger partial charge is 0.134 e. The van der Waals surface area contributed by atoms with Crippen molar-refractivity contribution in [3.8, 4) is 5.75 Å². The van der Waals surface area contributed by atoms with E-state index in [4.69, 9.17) is 4.74 Å². The molecule has 0 aliphatic heterocycles. The van der Waals surface area contributed by atoms with Crippen molar-refractivity contribution in [2.75, 3.05) is 0 Å². The molecule has 0 radical (unpaired) electrons. The number of nitrogens with zero attached hydrogens (tertiary/aromatic N) is 2. The highest BCUT2D eigenvalue weighted by molar-refractivity contribution is 9.10. The van der Waals surface area contributed by atoms with Gasteiger partial charge in [-0.15, -0.1) is 5.10 Å². The average Bonchev–Trinajstić information content (AvgIpc) is 2.69. The molecule has 0 bridgehead atoms. The first-order valence-corrected chi connectivity index (χ1v) is 5.62. The van der Waals surface area contributed by atoms with Crippen LogP contribution in [0.15, 0.2) is 34.1 Å². The van der Waals surface area contributed by atoms with E-state index in [0.29, 0.717) is 6.61 Å². The molecule has 2 rings (SSSR count). The molecule has 0 atom stereocenters. The monoisotopic (exact) mass is 270 g/mol. The normalized spacial score (nSPS) is 10.1. The zero-order valence-electron chi connectivity index (χ0n) is 7.18. The molecule has 14 heavy (non-hydrogen) atoms. The van der Waals surface area contributed by atoms with Crippen molar-refractivity contribution in [2.24, 2.45) is 0 Å². The lowest BCUT2D eigenvalue weighted by Crippen LogP contribution is -1.96. The highest BCUT2D eigenvalue weighted by Crippen LogP contribution is 2.24. The van der Waals surface area contributed by atoms with Crippen LogP contribution >= 0.6 is 27.5 Å². The average molecular weight is 271 g/mol. The summed E-state index contributed by atoms with van der Waals surface area (Å²) in [5, 5.41) is 5.76. The summed E-state index contributed by atoms with van der Waals surface area (Å²) in [4.78, 5) is 0. The summed E-state index contributed by atoms with van der Waals surface area (Å²) >= 11 is 4.73. The SMILES string of the molecule is Brc1ccccc1OCc1csnn1. The summed E-state index contributed by atoms with van der Waals surface area (Å²) in [6.07, 6.45) is 0. The van der Waals surface area contributed by atoms with Crippen LogP contribution in [0.5, 0.6) is 5.75 Å². The molecule has 5 heteroatoms. The van der Waals surface area contributed by atoms with Gasteiger partial charge in [0.1, 0.15) is 18.1 Å². The Bertz CT molecular complexity index is 405. The Balaban J connectivity index is 2.02. The minimum Gasteiger partial charge on any atom is -0.486 e. The number of hydrogen-bond acceptors (Lipinski definition) is 4. The summed E-state index contributed by atoms with van der Waals surface area (Å²) < 4.78 is 10.2. The van der Waals surface area contributed by atoms with Gasteiger partial charge in [-0.1, -0.05) is 16.6 Å². The van der Waals surface area contributed by atoms with Gasteiger partial charge in [0.15, 0.2) is 0 Å². The van der Waals surface area contributed by atoms with E-state index in [1.54, 1.807) is 0 Å². The predicted octanol–water partition coefficient (Wildman–Crippen LogP) is 2.88. The Kier molecular flexibility index (Phi) is 3.10. The second kappa shape index (κ2) is 4.52. The molecule has 0 N–H and O–H groups in total. The molecule has 1 aromatic carbocycles. The van der Waals surface area contributed by atoms with Gasteiger partial charge in [0, 0.05) is 5.38 Å². The van der Waals surface area contributed by atoms with Crippen molar-refractivity contribution in [3.05, 3.63) is 39.8 Å². The van der Waals surface area contributed by atoms with Crippen LogP contribution in [-0.4, -0.2) is 9.59 Å². The third-order valence-corrected chi connectivity index (χ3v) is 2.83. The van der Waals surface area contributed by atoms with Crippen molar-refractivity contribution < 1.29 is 4.74 Å². The van der Waals surface area contributed by atoms with Gasteiger partial charge < -0.3 is 4.74 Å². The molecule has 0 spiro atoms. The van der Waals surface area contributed by atoms with Gasteiger partial charge in [-0.3, -0.25) is 0 Å². The molecule has 0 saturated heterocycles. The topological polar surface area (TPSA) is 35.0 Å². The molecular weight excluding hydrogens is 264 g/mol. The summed E-state index contributed by atoms with van der Waals surface area (Å²) in [5.74, 6) is 0.820. The second-order valence-electron chi connectivity index (χ2n) is 2.62. The third kappa shape index (κ3) is 2.30. The summed E-state index contributed by atoms with van der Waals surface area (Å²) in [6.45, 7) is 0.457. The number of rotatable bonds is 3. The number of halogens is 1. The van der Waals surface area contributed by atoms with Gasteiger partial charge >= 0.3 is 0 Å². The Morgan fingerprint density at radius 2 is 2.21 bits per heavy atom. The second-order valence-corrected chi connectivity index (χ2v) is 4.08. The quantitative estimate of drug-likeness (QED) is 0.861. The van der Waals surface area contributed by atoms with Gasteiger partial charge in [0.2, 0.25) is 0 Å². The molecule has 2 aromatic rings. The summed E-state index contributed by atoms with van der Waals surface area (Å²) in [7, 11) is 0. The summed E-state index contributed by atoms with van der Waals surface area (Å²) in [5.41, 5.74) is 0.853. The molecule has 0 saturated carbocycles. The van der Waals surface area contributed by atoms with Gasteiger partial charge in [-0.25, -0.2) is 0 Å². The van der Waals surface area contributed by atoms with Crippen molar-refractivity contribution >= 4 is 27.5 Å². The molecule has 72 valence electrons. The first-order valence-electron chi connectivity index (χ1n) is 3.99. The predicted molar refractivity (Wildman–Crippen MR) is 58.4 cm³/mol. The van der Waals surface area contributed by atoms with E-state index in [-0.39, 0.29) is 0 Å². The maximum Gasteiger partial charge on any atom is 0.134 e. The lowest BCUT2D eigenvalue weighted by Gasteiger charge is -2.04. The Morgan fingerprint density at radius 3 is 2.93 bits per heavy atom. The molecule has 0 aliphatic rings. The standard InChI is InChI=1S/C9H7BrN2OS/c10-8-3-1-2-4-9(8)13-5-7-6-14-12-11-7/h1-4,6H,5H2. The van der Waals surface area contributed by atoms with Crippen molar-refractivity contribution in [1.82, 2.24) is 9.59 Å². The van der Waals surface area contributed by atoms with E-state index in [1.807, 2.05) is 29.6 Å². The Hall–Kier alpha value is -0.940. The van der Waals surface area contributed by atoms with Crippen LogP contribution < -0.4 is 4.74 Å². The maximum absolute atomic E-state index is 5.54. The molecule has 0 fully saturated rings. The van der Waals surface area contributed by atoms with E-state index in [2.05, 4.69) is 25.5 Å². The number of ether oxygens (including phenoxy) is 1. The minimum absolute atomic E-state index is 0.457. The Morgan fingerprint density at radius 1 is 1.36 bits per heavy atom. The lowest BCUT2D eigenvalue weighted by molar-refractivity contribution is 0.299. The van der Waals surface area contributed by atoms with E-state index in [0.717, 1.165) is 15.9 Å². The fraction of sp³-hybridized carbons (Fsp3) is 0.111. The van der Waals surface area contributed by atoms with Gasteiger partial charge in [-0.2, -0.15) is 0 Å². The molecule has 0 amide bonds. The molecule has 0 unspecified atom stereocenters.